The molecule has 0 aromatic carbocycles. The molecule has 6 atom stereocenters. The molecular weight excluding hydrogens is 310 g/mol. The van der Waals surface area contributed by atoms with E-state index < -0.39 is 0 Å². The molecule has 0 amide bonds. The van der Waals surface area contributed by atoms with Crippen LogP contribution in [-0.2, 0) is 9.47 Å². The van der Waals surface area contributed by atoms with Gasteiger partial charge in [0.15, 0.2) is 11.8 Å². The topological polar surface area (TPSA) is 18.5 Å². The van der Waals surface area contributed by atoms with Crippen LogP contribution in [0, 0.1) is 5.92 Å². The van der Waals surface area contributed by atoms with Crippen LogP contribution in [0.2, 0.25) is 0 Å². The maximum absolute atomic E-state index is 6.48. The number of nitrogens with zero attached hydrogens (tertiary/aromatic N) is 1. The Bertz CT molecular complexity index is 632. The summed E-state index contributed by atoms with van der Waals surface area (Å²) in [5, 5.41) is 0. The average molecular weight is 345 g/mol. The minimum absolute atomic E-state index is 0.198. The van der Waals surface area contributed by atoms with Gasteiger partial charge in [0.1, 0.15) is 11.8 Å². The van der Waals surface area contributed by atoms with Crippen molar-refractivity contribution < 1.29 is 14.0 Å². The quantitative estimate of drug-likeness (QED) is 0.689. The molecular formula is C22H34NO2+. The Kier molecular flexibility index (Phi) is 4.89. The fraction of sp³-hybridized carbons (Fsp3) is 0.636. The molecule has 0 aromatic heterocycles. The van der Waals surface area contributed by atoms with E-state index in [1.807, 2.05) is 6.08 Å². The molecule has 3 rings (SSSR count). The second-order valence-electron chi connectivity index (χ2n) is 8.26. The van der Waals surface area contributed by atoms with Gasteiger partial charge in [-0.25, -0.2) is 0 Å². The predicted octanol–water partition coefficient (Wildman–Crippen LogP) is 4.73. The summed E-state index contributed by atoms with van der Waals surface area (Å²) in [5.74, 6) is 2.55. The van der Waals surface area contributed by atoms with Crippen LogP contribution in [0.15, 0.2) is 48.0 Å². The Morgan fingerprint density at radius 2 is 1.88 bits per heavy atom. The third kappa shape index (κ3) is 2.87. The van der Waals surface area contributed by atoms with Gasteiger partial charge in [0.05, 0.1) is 31.7 Å². The van der Waals surface area contributed by atoms with Crippen molar-refractivity contribution in [2.24, 2.45) is 5.92 Å². The predicted molar refractivity (Wildman–Crippen MR) is 103 cm³/mol. The third-order valence-corrected chi connectivity index (χ3v) is 6.46. The van der Waals surface area contributed by atoms with E-state index in [9.17, 15) is 0 Å². The van der Waals surface area contributed by atoms with E-state index in [0.717, 1.165) is 41.8 Å². The first kappa shape index (κ1) is 18.3. The lowest BCUT2D eigenvalue weighted by Crippen LogP contribution is -2.64. The van der Waals surface area contributed by atoms with Crippen molar-refractivity contribution in [2.75, 3.05) is 13.6 Å². The van der Waals surface area contributed by atoms with Crippen LogP contribution in [0.4, 0.5) is 0 Å². The molecule has 2 aliphatic heterocycles. The number of rotatable bonds is 3. The van der Waals surface area contributed by atoms with Crippen LogP contribution >= 0.6 is 0 Å². The molecule has 3 nitrogen and oxygen atoms in total. The molecule has 0 saturated carbocycles. The molecule has 1 aliphatic carbocycles. The van der Waals surface area contributed by atoms with Crippen molar-refractivity contribution in [3.8, 4) is 0 Å². The van der Waals surface area contributed by atoms with Crippen LogP contribution in [0.25, 0.3) is 0 Å². The Morgan fingerprint density at radius 1 is 1.20 bits per heavy atom. The zero-order chi connectivity index (χ0) is 18.4. The number of quaternary nitrogens is 1. The molecule has 0 radical (unpaired) electrons. The van der Waals surface area contributed by atoms with E-state index in [2.05, 4.69) is 54.0 Å². The van der Waals surface area contributed by atoms with Gasteiger partial charge in [-0.05, 0) is 32.8 Å². The molecule has 0 bridgehead atoms. The van der Waals surface area contributed by atoms with E-state index in [4.69, 9.17) is 9.47 Å². The number of hydrogen-bond acceptors (Lipinski definition) is 2. The lowest BCUT2D eigenvalue weighted by molar-refractivity contribution is -0.951. The summed E-state index contributed by atoms with van der Waals surface area (Å²) in [4.78, 5) is 0. The minimum Gasteiger partial charge on any atom is -0.491 e. The molecule has 138 valence electrons. The molecule has 0 spiro atoms. The fourth-order valence-corrected chi connectivity index (χ4v) is 5.23. The Hall–Kier alpha value is -1.48. The highest BCUT2D eigenvalue weighted by molar-refractivity contribution is 5.43. The van der Waals surface area contributed by atoms with Gasteiger partial charge in [0.25, 0.3) is 0 Å². The largest absolute Gasteiger partial charge is 0.491 e. The van der Waals surface area contributed by atoms with Gasteiger partial charge >= 0.3 is 0 Å². The summed E-state index contributed by atoms with van der Waals surface area (Å²) in [6, 6.07) is 0.674. The van der Waals surface area contributed by atoms with E-state index in [0.29, 0.717) is 18.0 Å². The average Bonchev–Trinajstić information content (AvgIpc) is 2.81. The summed E-state index contributed by atoms with van der Waals surface area (Å²) in [6.07, 6.45) is 7.47. The van der Waals surface area contributed by atoms with Crippen molar-refractivity contribution in [1.82, 2.24) is 0 Å². The van der Waals surface area contributed by atoms with Crippen LogP contribution in [0.3, 0.4) is 0 Å². The zero-order valence-electron chi connectivity index (χ0n) is 16.5. The lowest BCUT2D eigenvalue weighted by Gasteiger charge is -2.52. The maximum Gasteiger partial charge on any atom is 0.192 e. The molecule has 25 heavy (non-hydrogen) atoms. The lowest BCUT2D eigenvalue weighted by atomic mass is 9.77. The molecule has 3 heteroatoms. The first-order valence-electron chi connectivity index (χ1n) is 9.76. The number of piperidine rings is 1. The highest BCUT2D eigenvalue weighted by atomic mass is 16.5. The molecule has 3 aliphatic rings. The molecule has 6 unspecified atom stereocenters. The number of hydrogen-bond donors (Lipinski definition) is 0. The van der Waals surface area contributed by atoms with Gasteiger partial charge < -0.3 is 14.0 Å². The van der Waals surface area contributed by atoms with Crippen LogP contribution in [-0.4, -0.2) is 42.4 Å². The van der Waals surface area contributed by atoms with E-state index in [-0.39, 0.29) is 12.2 Å². The monoisotopic (exact) mass is 344 g/mol. The first-order valence-corrected chi connectivity index (χ1v) is 9.76. The Balaban J connectivity index is 2.11. The van der Waals surface area contributed by atoms with E-state index in [1.54, 1.807) is 0 Å². The number of likely N-dealkylation sites (tertiary alicyclic amines) is 1. The van der Waals surface area contributed by atoms with Crippen LogP contribution < -0.4 is 0 Å². The van der Waals surface area contributed by atoms with Gasteiger partial charge in [0, 0.05) is 18.4 Å². The van der Waals surface area contributed by atoms with Crippen molar-refractivity contribution in [3.63, 3.8) is 0 Å². The highest BCUT2D eigenvalue weighted by Gasteiger charge is 2.57. The summed E-state index contributed by atoms with van der Waals surface area (Å²) < 4.78 is 13.8. The number of allylic oxidation sites excluding steroid dienone is 3. The van der Waals surface area contributed by atoms with Crippen molar-refractivity contribution >= 4 is 0 Å². The number of fused-ring (bicyclic) bond motifs is 2. The van der Waals surface area contributed by atoms with Gasteiger partial charge in [-0.2, -0.15) is 0 Å². The van der Waals surface area contributed by atoms with Crippen molar-refractivity contribution in [1.29, 1.82) is 0 Å². The molecule has 0 aromatic rings. The zero-order valence-corrected chi connectivity index (χ0v) is 16.5. The Labute approximate surface area is 153 Å². The normalized spacial score (nSPS) is 42.4. The summed E-state index contributed by atoms with van der Waals surface area (Å²) in [5.41, 5.74) is 2.58. The minimum atomic E-state index is 0.198. The maximum atomic E-state index is 6.48. The summed E-state index contributed by atoms with van der Waals surface area (Å²) >= 11 is 0. The standard InChI is InChI=1S/C22H34NO2/c1-8-10-18-16(5)17(6)23(7,11-9-2)21-19(18)13-20-22(21)25-15(4)12-14(3)24-20/h8,10,14-15,17,19,21H,1,5,9,11-13H2,2-4,6-7H3/q+1/b18-10+. The number of likely N-dealkylation sites (N-methyl/N-ethyl adjacent to an activating group) is 1. The second-order valence-corrected chi connectivity index (χ2v) is 8.26. The molecule has 2 heterocycles. The smallest absolute Gasteiger partial charge is 0.192 e. The van der Waals surface area contributed by atoms with Crippen molar-refractivity contribution in [3.05, 3.63) is 48.0 Å². The third-order valence-electron chi connectivity index (χ3n) is 6.46. The van der Waals surface area contributed by atoms with Crippen LogP contribution in [0.1, 0.15) is 47.0 Å². The molecule has 1 fully saturated rings. The highest BCUT2D eigenvalue weighted by Crippen LogP contribution is 2.52. The van der Waals surface area contributed by atoms with Crippen LogP contribution in [0.5, 0.6) is 0 Å². The summed E-state index contributed by atoms with van der Waals surface area (Å²) in [6.45, 7) is 18.4. The SMILES string of the molecule is C=C/C=C1\C(=C)C(C)[N+](C)(CCC)C2C3=C(CC12)OC(C)CC(C)O3. The van der Waals surface area contributed by atoms with Gasteiger partial charge in [-0.15, -0.1) is 0 Å². The first-order chi connectivity index (χ1) is 11.8. The van der Waals surface area contributed by atoms with Gasteiger partial charge in [0.2, 0.25) is 0 Å². The second kappa shape index (κ2) is 6.68. The molecule has 1 saturated heterocycles. The summed E-state index contributed by atoms with van der Waals surface area (Å²) in [7, 11) is 2.37. The van der Waals surface area contributed by atoms with Gasteiger partial charge in [-0.3, -0.25) is 0 Å². The Morgan fingerprint density at radius 3 is 2.52 bits per heavy atom. The number of ether oxygens (including phenoxy) is 2. The fourth-order valence-electron chi connectivity index (χ4n) is 5.23. The van der Waals surface area contributed by atoms with E-state index in [1.165, 1.54) is 11.1 Å². The van der Waals surface area contributed by atoms with Gasteiger partial charge in [-0.1, -0.05) is 32.2 Å². The van der Waals surface area contributed by atoms with Crippen molar-refractivity contribution in [2.45, 2.75) is 71.2 Å². The van der Waals surface area contributed by atoms with E-state index >= 15 is 0 Å². The molecule has 0 N–H and O–H groups in total.